The van der Waals surface area contributed by atoms with Crippen molar-refractivity contribution in [2.45, 2.75) is 239 Å². The molecule has 0 aromatic carbocycles. The summed E-state index contributed by atoms with van der Waals surface area (Å²) in [5.41, 5.74) is 0. The third kappa shape index (κ3) is 45.9. The molecule has 344 valence electrons. The molecule has 0 fully saturated rings. The Hall–Kier alpha value is -3.15. The lowest BCUT2D eigenvalue weighted by Gasteiger charge is -2.18. The number of rotatable bonds is 44. The topological polar surface area (TPSA) is 78.9 Å². The minimum Gasteiger partial charge on any atom is -0.462 e. The van der Waals surface area contributed by atoms with Gasteiger partial charge in [-0.2, -0.15) is 0 Å². The monoisotopic (exact) mass is 837 g/mol. The lowest BCUT2D eigenvalue weighted by Crippen LogP contribution is -2.30. The summed E-state index contributed by atoms with van der Waals surface area (Å²) in [6, 6.07) is 0. The second kappa shape index (κ2) is 48.5. The molecule has 0 rings (SSSR count). The zero-order chi connectivity index (χ0) is 43.7. The number of esters is 3. The van der Waals surface area contributed by atoms with Crippen molar-refractivity contribution in [2.75, 3.05) is 13.2 Å². The third-order valence-electron chi connectivity index (χ3n) is 10.5. The molecular weight excluding hydrogens is 745 g/mol. The van der Waals surface area contributed by atoms with Gasteiger partial charge in [0, 0.05) is 19.3 Å². The highest BCUT2D eigenvalue weighted by Crippen LogP contribution is 2.13. The van der Waals surface area contributed by atoms with Gasteiger partial charge in [-0.3, -0.25) is 14.4 Å². The lowest BCUT2D eigenvalue weighted by molar-refractivity contribution is -0.167. The van der Waals surface area contributed by atoms with Crippen LogP contribution in [0.25, 0.3) is 0 Å². The van der Waals surface area contributed by atoms with Gasteiger partial charge in [0.25, 0.3) is 0 Å². The average Bonchev–Trinajstić information content (AvgIpc) is 3.24. The van der Waals surface area contributed by atoms with E-state index in [0.29, 0.717) is 19.3 Å². The largest absolute Gasteiger partial charge is 0.462 e. The van der Waals surface area contributed by atoms with Crippen molar-refractivity contribution in [2.24, 2.45) is 0 Å². The molecule has 0 aliphatic carbocycles. The van der Waals surface area contributed by atoms with Crippen LogP contribution in [0, 0.1) is 0 Å². The van der Waals surface area contributed by atoms with Crippen LogP contribution in [0.4, 0.5) is 0 Å². The minimum atomic E-state index is -0.797. The van der Waals surface area contributed by atoms with E-state index in [4.69, 9.17) is 14.2 Å². The second-order valence-electron chi connectivity index (χ2n) is 16.4. The summed E-state index contributed by atoms with van der Waals surface area (Å²) in [5.74, 6) is -0.960. The van der Waals surface area contributed by atoms with Crippen LogP contribution in [0.1, 0.15) is 233 Å². The molecule has 0 saturated carbocycles. The summed E-state index contributed by atoms with van der Waals surface area (Å²) in [4.78, 5) is 37.8. The van der Waals surface area contributed by atoms with E-state index in [-0.39, 0.29) is 31.1 Å². The molecule has 0 aliphatic heterocycles. The van der Waals surface area contributed by atoms with Crippen LogP contribution in [0.15, 0.2) is 72.9 Å². The van der Waals surface area contributed by atoms with Gasteiger partial charge < -0.3 is 14.2 Å². The molecule has 0 aromatic rings. The Labute approximate surface area is 370 Å². The van der Waals surface area contributed by atoms with Crippen LogP contribution in [0.2, 0.25) is 0 Å². The zero-order valence-corrected chi connectivity index (χ0v) is 39.2. The molecule has 0 N–H and O–H groups in total. The Morgan fingerprint density at radius 3 is 1.20 bits per heavy atom. The van der Waals surface area contributed by atoms with Crippen molar-refractivity contribution in [1.82, 2.24) is 0 Å². The number of hydrogen-bond acceptors (Lipinski definition) is 6. The number of allylic oxidation sites excluding steroid dienone is 12. The first-order valence-electron chi connectivity index (χ1n) is 25.0. The van der Waals surface area contributed by atoms with Gasteiger partial charge in [0.15, 0.2) is 6.10 Å². The van der Waals surface area contributed by atoms with Crippen molar-refractivity contribution >= 4 is 17.9 Å². The van der Waals surface area contributed by atoms with Gasteiger partial charge in [0.05, 0.1) is 0 Å². The molecule has 60 heavy (non-hydrogen) atoms. The van der Waals surface area contributed by atoms with Gasteiger partial charge in [0.2, 0.25) is 0 Å². The summed E-state index contributed by atoms with van der Waals surface area (Å²) in [6.07, 6.45) is 60.4. The van der Waals surface area contributed by atoms with E-state index < -0.39 is 6.10 Å². The van der Waals surface area contributed by atoms with Crippen LogP contribution in [-0.4, -0.2) is 37.2 Å². The standard InChI is InChI=1S/C54H92O6/c1-4-7-10-13-16-19-21-23-25-26-27-29-30-32-35-38-41-44-47-53(56)59-50-51(49-58-52(55)46-43-40-37-34-18-15-12-9-6-3)60-54(57)48-45-42-39-36-33-31-28-24-22-20-17-14-11-8-5-2/h9,12,18,20-23,25-27,29,34,51H,4-8,10-11,13-17,19,24,28,30-33,35-50H2,1-3H3/b12-9-,22-20-,23-21-,26-25-,29-27-,34-18-. The number of hydrogen-bond donors (Lipinski definition) is 0. The highest BCUT2D eigenvalue weighted by Gasteiger charge is 2.19. The molecule has 0 amide bonds. The van der Waals surface area contributed by atoms with Crippen molar-refractivity contribution in [3.05, 3.63) is 72.9 Å². The number of ether oxygens (including phenoxy) is 3. The molecule has 0 radical (unpaired) electrons. The quantitative estimate of drug-likeness (QED) is 0.0200. The molecule has 0 spiro atoms. The summed E-state index contributed by atoms with van der Waals surface area (Å²) < 4.78 is 16.7. The number of unbranched alkanes of at least 4 members (excludes halogenated alkanes) is 23. The molecular formula is C54H92O6. The molecule has 0 aliphatic rings. The highest BCUT2D eigenvalue weighted by atomic mass is 16.6. The van der Waals surface area contributed by atoms with E-state index in [1.165, 1.54) is 96.3 Å². The first-order valence-corrected chi connectivity index (χ1v) is 25.0. The Balaban J connectivity index is 4.40. The molecule has 6 nitrogen and oxygen atoms in total. The average molecular weight is 837 g/mol. The summed E-state index contributed by atoms with van der Waals surface area (Å²) in [7, 11) is 0. The number of carbonyl (C=O) groups excluding carboxylic acids is 3. The molecule has 1 unspecified atom stereocenters. The van der Waals surface area contributed by atoms with Crippen molar-refractivity contribution < 1.29 is 28.6 Å². The maximum Gasteiger partial charge on any atom is 0.306 e. The van der Waals surface area contributed by atoms with Crippen LogP contribution in [0.3, 0.4) is 0 Å². The Bertz CT molecular complexity index is 1140. The zero-order valence-electron chi connectivity index (χ0n) is 39.2. The first kappa shape index (κ1) is 56.9. The molecule has 6 heteroatoms. The van der Waals surface area contributed by atoms with E-state index >= 15 is 0 Å². The molecule has 0 heterocycles. The molecule has 0 bridgehead atoms. The van der Waals surface area contributed by atoms with Crippen molar-refractivity contribution in [3.8, 4) is 0 Å². The lowest BCUT2D eigenvalue weighted by atomic mass is 10.1. The van der Waals surface area contributed by atoms with Gasteiger partial charge >= 0.3 is 17.9 Å². The summed E-state index contributed by atoms with van der Waals surface area (Å²) >= 11 is 0. The molecule has 0 aromatic heterocycles. The minimum absolute atomic E-state index is 0.0984. The smallest absolute Gasteiger partial charge is 0.306 e. The highest BCUT2D eigenvalue weighted by molar-refractivity contribution is 5.71. The second-order valence-corrected chi connectivity index (χ2v) is 16.4. The van der Waals surface area contributed by atoms with E-state index in [0.717, 1.165) is 96.3 Å². The SMILES string of the molecule is CC/C=C\C/C=C\CCCCC(=O)OCC(COC(=O)CCCCCCC\C=C/C=C\C=C/CCCCCCC)OC(=O)CCCCCCCCC/C=C\CCCCCC. The van der Waals surface area contributed by atoms with E-state index in [1.54, 1.807) is 0 Å². The van der Waals surface area contributed by atoms with Gasteiger partial charge in [0.1, 0.15) is 13.2 Å². The fourth-order valence-corrected chi connectivity index (χ4v) is 6.71. The Kier molecular flexibility index (Phi) is 46.0. The fraction of sp³-hybridized carbons (Fsp3) is 0.722. The van der Waals surface area contributed by atoms with E-state index in [1.807, 2.05) is 0 Å². The van der Waals surface area contributed by atoms with Crippen LogP contribution in [-0.2, 0) is 28.6 Å². The Morgan fingerprint density at radius 2 is 0.717 bits per heavy atom. The maximum absolute atomic E-state index is 12.8. The van der Waals surface area contributed by atoms with Gasteiger partial charge in [-0.15, -0.1) is 0 Å². The Morgan fingerprint density at radius 1 is 0.367 bits per heavy atom. The van der Waals surface area contributed by atoms with E-state index in [9.17, 15) is 14.4 Å². The summed E-state index contributed by atoms with van der Waals surface area (Å²) in [6.45, 7) is 6.43. The third-order valence-corrected chi connectivity index (χ3v) is 10.5. The fourth-order valence-electron chi connectivity index (χ4n) is 6.71. The van der Waals surface area contributed by atoms with Gasteiger partial charge in [-0.25, -0.2) is 0 Å². The first-order chi connectivity index (χ1) is 29.5. The van der Waals surface area contributed by atoms with Gasteiger partial charge in [-0.1, -0.05) is 190 Å². The van der Waals surface area contributed by atoms with Crippen LogP contribution < -0.4 is 0 Å². The van der Waals surface area contributed by atoms with Crippen LogP contribution >= 0.6 is 0 Å². The van der Waals surface area contributed by atoms with Gasteiger partial charge in [-0.05, 0) is 96.3 Å². The normalized spacial score (nSPS) is 12.7. The van der Waals surface area contributed by atoms with Crippen molar-refractivity contribution in [3.63, 3.8) is 0 Å². The summed E-state index contributed by atoms with van der Waals surface area (Å²) in [5, 5.41) is 0. The predicted molar refractivity (Wildman–Crippen MR) is 256 cm³/mol. The van der Waals surface area contributed by atoms with Crippen molar-refractivity contribution in [1.29, 1.82) is 0 Å². The maximum atomic E-state index is 12.8. The molecule has 1 atom stereocenters. The van der Waals surface area contributed by atoms with E-state index in [2.05, 4.69) is 93.7 Å². The van der Waals surface area contributed by atoms with Crippen LogP contribution in [0.5, 0.6) is 0 Å². The predicted octanol–water partition coefficient (Wildman–Crippen LogP) is 16.3. The number of carbonyl (C=O) groups is 3. The molecule has 0 saturated heterocycles.